The predicted molar refractivity (Wildman–Crippen MR) is 156 cm³/mol. The molecule has 3 aromatic rings. The third-order valence-electron chi connectivity index (χ3n) is 6.53. The number of sulfonamides is 1. The van der Waals surface area contributed by atoms with Crippen molar-refractivity contribution in [1.82, 2.24) is 10.2 Å². The van der Waals surface area contributed by atoms with Crippen molar-refractivity contribution in [1.29, 1.82) is 0 Å². The molecule has 11 heteroatoms. The number of hydrogen-bond acceptors (Lipinski definition) is 4. The molecule has 0 saturated heterocycles. The lowest BCUT2D eigenvalue weighted by atomic mass is 10.1. The molecular weight excluding hydrogens is 576 g/mol. The maximum Gasteiger partial charge on any atom is 0.264 e. The van der Waals surface area contributed by atoms with E-state index in [1.807, 2.05) is 20.8 Å². The summed E-state index contributed by atoms with van der Waals surface area (Å²) in [6.45, 7) is 6.43. The minimum absolute atomic E-state index is 0.0370. The summed E-state index contributed by atoms with van der Waals surface area (Å²) in [7, 11) is -4.25. The van der Waals surface area contributed by atoms with Crippen molar-refractivity contribution in [3.05, 3.63) is 93.7 Å². The van der Waals surface area contributed by atoms with Gasteiger partial charge in [-0.1, -0.05) is 53.9 Å². The van der Waals surface area contributed by atoms with Crippen LogP contribution in [0.3, 0.4) is 0 Å². The number of carbonyl (C=O) groups is 2. The van der Waals surface area contributed by atoms with Gasteiger partial charge in [-0.2, -0.15) is 0 Å². The maximum atomic E-state index is 13.9. The summed E-state index contributed by atoms with van der Waals surface area (Å²) in [5.41, 5.74) is 1.48. The third-order valence-corrected chi connectivity index (χ3v) is 8.90. The highest BCUT2D eigenvalue weighted by molar-refractivity contribution is 7.92. The van der Waals surface area contributed by atoms with Crippen molar-refractivity contribution in [2.75, 3.05) is 10.8 Å². The Morgan fingerprint density at radius 2 is 1.60 bits per heavy atom. The van der Waals surface area contributed by atoms with Crippen LogP contribution in [0.2, 0.25) is 10.0 Å². The fourth-order valence-electron chi connectivity index (χ4n) is 3.86. The minimum Gasteiger partial charge on any atom is -0.352 e. The Morgan fingerprint density at radius 1 is 0.975 bits per heavy atom. The largest absolute Gasteiger partial charge is 0.352 e. The Hall–Kier alpha value is -3.14. The Balaban J connectivity index is 2.04. The van der Waals surface area contributed by atoms with Gasteiger partial charge in [0.15, 0.2) is 0 Å². The zero-order valence-electron chi connectivity index (χ0n) is 22.7. The molecule has 0 aliphatic heterocycles. The van der Waals surface area contributed by atoms with E-state index in [4.69, 9.17) is 23.2 Å². The number of hydrogen-bond donors (Lipinski definition) is 1. The highest BCUT2D eigenvalue weighted by Crippen LogP contribution is 2.27. The molecule has 0 aliphatic carbocycles. The molecule has 0 bridgehead atoms. The van der Waals surface area contributed by atoms with Gasteiger partial charge in [-0.3, -0.25) is 13.9 Å². The van der Waals surface area contributed by atoms with E-state index in [9.17, 15) is 22.4 Å². The monoisotopic (exact) mass is 607 g/mol. The van der Waals surface area contributed by atoms with E-state index in [1.165, 1.54) is 35.2 Å². The third kappa shape index (κ3) is 7.74. The second kappa shape index (κ2) is 13.5. The average Bonchev–Trinajstić information content (AvgIpc) is 2.91. The number of carbonyl (C=O) groups excluding carboxylic acids is 2. The van der Waals surface area contributed by atoms with Gasteiger partial charge in [0, 0.05) is 22.6 Å². The zero-order valence-corrected chi connectivity index (χ0v) is 25.0. The summed E-state index contributed by atoms with van der Waals surface area (Å²) < 4.78 is 42.2. The molecule has 0 saturated carbocycles. The van der Waals surface area contributed by atoms with Gasteiger partial charge in [0.2, 0.25) is 11.8 Å². The van der Waals surface area contributed by atoms with Crippen molar-refractivity contribution >= 4 is 50.7 Å². The molecule has 0 unspecified atom stereocenters. The van der Waals surface area contributed by atoms with Crippen molar-refractivity contribution in [3.63, 3.8) is 0 Å². The Morgan fingerprint density at radius 3 is 2.17 bits per heavy atom. The van der Waals surface area contributed by atoms with Crippen LogP contribution in [0.15, 0.2) is 71.6 Å². The van der Waals surface area contributed by atoms with Crippen LogP contribution in [0.25, 0.3) is 0 Å². The number of aryl methyl sites for hydroxylation is 1. The Bertz CT molecular complexity index is 1450. The molecule has 0 radical (unpaired) electrons. The smallest absolute Gasteiger partial charge is 0.264 e. The van der Waals surface area contributed by atoms with Gasteiger partial charge in [0.1, 0.15) is 18.4 Å². The van der Waals surface area contributed by atoms with Gasteiger partial charge >= 0.3 is 0 Å². The standard InChI is InChI=1S/C29H32Cl2FN3O4S/c1-5-20(3)33-29(37)21(4)34(17-22-8-9-23(30)16-27(22)31)28(36)18-35(25-12-10-24(32)11-13-25)40(38,39)26-14-6-19(2)7-15-26/h6-16,20-21H,5,17-18H2,1-4H3,(H,33,37)/t20-,21-/m1/s1. The Kier molecular flexibility index (Phi) is 10.6. The molecule has 2 atom stereocenters. The number of anilines is 1. The first kappa shape index (κ1) is 31.4. The first-order valence-electron chi connectivity index (χ1n) is 12.7. The van der Waals surface area contributed by atoms with Gasteiger partial charge in [-0.25, -0.2) is 12.8 Å². The summed E-state index contributed by atoms with van der Waals surface area (Å²) in [5, 5.41) is 3.56. The normalized spacial score (nSPS) is 12.9. The summed E-state index contributed by atoms with van der Waals surface area (Å²) in [6.07, 6.45) is 0.683. The molecule has 214 valence electrons. The summed E-state index contributed by atoms with van der Waals surface area (Å²) >= 11 is 12.4. The summed E-state index contributed by atoms with van der Waals surface area (Å²) in [4.78, 5) is 28.2. The van der Waals surface area contributed by atoms with Gasteiger partial charge in [-0.15, -0.1) is 0 Å². The maximum absolute atomic E-state index is 13.9. The van der Waals surface area contributed by atoms with Crippen LogP contribution in [0.1, 0.15) is 38.3 Å². The molecule has 3 rings (SSSR count). The lowest BCUT2D eigenvalue weighted by molar-refractivity contribution is -0.139. The van der Waals surface area contributed by atoms with Crippen molar-refractivity contribution in [2.45, 2.75) is 57.6 Å². The van der Waals surface area contributed by atoms with Crippen molar-refractivity contribution in [2.24, 2.45) is 0 Å². The van der Waals surface area contributed by atoms with Crippen LogP contribution in [0, 0.1) is 12.7 Å². The van der Waals surface area contributed by atoms with Crippen LogP contribution < -0.4 is 9.62 Å². The number of nitrogens with one attached hydrogen (secondary N) is 1. The van der Waals surface area contributed by atoms with Crippen molar-refractivity contribution < 1.29 is 22.4 Å². The highest BCUT2D eigenvalue weighted by Gasteiger charge is 2.33. The van der Waals surface area contributed by atoms with Crippen LogP contribution in [-0.4, -0.2) is 43.8 Å². The second-order valence-electron chi connectivity index (χ2n) is 9.55. The van der Waals surface area contributed by atoms with E-state index in [-0.39, 0.29) is 23.2 Å². The van der Waals surface area contributed by atoms with Crippen LogP contribution >= 0.6 is 23.2 Å². The van der Waals surface area contributed by atoms with Gasteiger partial charge < -0.3 is 10.2 Å². The fraction of sp³-hybridized carbons (Fsp3) is 0.310. The molecule has 0 spiro atoms. The molecule has 1 N–H and O–H groups in total. The molecule has 3 aromatic carbocycles. The molecular formula is C29H32Cl2FN3O4S. The second-order valence-corrected chi connectivity index (χ2v) is 12.3. The molecule has 2 amide bonds. The average molecular weight is 609 g/mol. The molecule has 40 heavy (non-hydrogen) atoms. The van der Waals surface area contributed by atoms with E-state index in [0.717, 1.165) is 22.0 Å². The lowest BCUT2D eigenvalue weighted by Crippen LogP contribution is -2.52. The SMILES string of the molecule is CC[C@@H](C)NC(=O)[C@@H](C)N(Cc1ccc(Cl)cc1Cl)C(=O)CN(c1ccc(F)cc1)S(=O)(=O)c1ccc(C)cc1. The molecule has 0 aromatic heterocycles. The van der Waals surface area contributed by atoms with Crippen LogP contribution in [-0.2, 0) is 26.2 Å². The topological polar surface area (TPSA) is 86.8 Å². The highest BCUT2D eigenvalue weighted by atomic mass is 35.5. The first-order valence-corrected chi connectivity index (χ1v) is 14.9. The van der Waals surface area contributed by atoms with E-state index in [2.05, 4.69) is 5.32 Å². The van der Waals surface area contributed by atoms with E-state index in [0.29, 0.717) is 22.0 Å². The number of nitrogens with zero attached hydrogens (tertiary/aromatic N) is 2. The lowest BCUT2D eigenvalue weighted by Gasteiger charge is -2.32. The van der Waals surface area contributed by atoms with Crippen LogP contribution in [0.4, 0.5) is 10.1 Å². The molecule has 0 fully saturated rings. The summed E-state index contributed by atoms with van der Waals surface area (Å²) in [5.74, 6) is -1.61. The van der Waals surface area contributed by atoms with Gasteiger partial charge in [-0.05, 0) is 81.3 Å². The number of benzene rings is 3. The minimum atomic E-state index is -4.25. The predicted octanol–water partition coefficient (Wildman–Crippen LogP) is 5.97. The molecule has 0 aliphatic rings. The van der Waals surface area contributed by atoms with Gasteiger partial charge in [0.25, 0.3) is 10.0 Å². The fourth-order valence-corrected chi connectivity index (χ4v) is 5.74. The number of halogens is 3. The van der Waals surface area contributed by atoms with E-state index < -0.39 is 40.2 Å². The molecule has 7 nitrogen and oxygen atoms in total. The van der Waals surface area contributed by atoms with E-state index >= 15 is 0 Å². The van der Waals surface area contributed by atoms with Crippen molar-refractivity contribution in [3.8, 4) is 0 Å². The van der Waals surface area contributed by atoms with E-state index in [1.54, 1.807) is 31.2 Å². The quantitative estimate of drug-likeness (QED) is 0.291. The zero-order chi connectivity index (χ0) is 29.6. The molecule has 0 heterocycles. The van der Waals surface area contributed by atoms with Gasteiger partial charge in [0.05, 0.1) is 10.6 Å². The summed E-state index contributed by atoms with van der Waals surface area (Å²) in [6, 6.07) is 14.7. The first-order chi connectivity index (χ1) is 18.8. The Labute approximate surface area is 244 Å². The number of rotatable bonds is 11. The van der Waals surface area contributed by atoms with Crippen LogP contribution in [0.5, 0.6) is 0 Å². The number of amides is 2.